The molecular formula is C22H22F4O3. The Morgan fingerprint density at radius 1 is 0.828 bits per heavy atom. The first-order valence-electron chi connectivity index (χ1n) is 9.92. The van der Waals surface area contributed by atoms with Crippen molar-refractivity contribution >= 4 is 21.9 Å². The lowest BCUT2D eigenvalue weighted by molar-refractivity contribution is 0.0325. The standard InChI is InChI=1S/C22H22F4O3/c1-3-27-12-7-5-11(6-8-12)13-9-14-17(21(25)19(13)23)18-15(29-14)10-16(28-4-2)20(24)22(18)26/h9-12H,3-8H2,1-2H3. The van der Waals surface area contributed by atoms with Gasteiger partial charge in [-0.2, -0.15) is 4.39 Å². The van der Waals surface area contributed by atoms with Gasteiger partial charge in [0, 0.05) is 12.7 Å². The third-order valence-electron chi connectivity index (χ3n) is 5.62. The summed E-state index contributed by atoms with van der Waals surface area (Å²) in [5.41, 5.74) is 0.112. The average Bonchev–Trinajstić information content (AvgIpc) is 3.08. The van der Waals surface area contributed by atoms with Gasteiger partial charge in [-0.05, 0) is 57.1 Å². The van der Waals surface area contributed by atoms with Gasteiger partial charge in [0.2, 0.25) is 5.82 Å². The zero-order valence-corrected chi connectivity index (χ0v) is 16.3. The van der Waals surface area contributed by atoms with Crippen LogP contribution in [0.5, 0.6) is 5.75 Å². The number of hydrogen-bond acceptors (Lipinski definition) is 3. The Hall–Kier alpha value is -2.28. The second kappa shape index (κ2) is 7.86. The van der Waals surface area contributed by atoms with Gasteiger partial charge in [-0.3, -0.25) is 0 Å². The number of rotatable bonds is 5. The highest BCUT2D eigenvalue weighted by Crippen LogP contribution is 2.42. The van der Waals surface area contributed by atoms with Gasteiger partial charge in [-0.25, -0.2) is 13.2 Å². The highest BCUT2D eigenvalue weighted by atomic mass is 19.2. The topological polar surface area (TPSA) is 31.6 Å². The molecule has 1 heterocycles. The van der Waals surface area contributed by atoms with E-state index in [0.29, 0.717) is 19.4 Å². The first kappa shape index (κ1) is 20.0. The predicted molar refractivity (Wildman–Crippen MR) is 101 cm³/mol. The molecule has 0 bridgehead atoms. The van der Waals surface area contributed by atoms with Gasteiger partial charge >= 0.3 is 0 Å². The molecule has 1 aromatic heterocycles. The van der Waals surface area contributed by atoms with Gasteiger partial charge in [0.1, 0.15) is 11.2 Å². The van der Waals surface area contributed by atoms with Crippen molar-refractivity contribution in [2.75, 3.05) is 13.2 Å². The zero-order valence-electron chi connectivity index (χ0n) is 16.3. The molecule has 3 aromatic rings. The minimum absolute atomic E-state index is 0.00669. The van der Waals surface area contributed by atoms with Crippen molar-refractivity contribution in [3.63, 3.8) is 0 Å². The molecule has 0 spiro atoms. The number of fused-ring (bicyclic) bond motifs is 3. The molecule has 2 aromatic carbocycles. The molecule has 3 nitrogen and oxygen atoms in total. The number of furan rings is 1. The van der Waals surface area contributed by atoms with Crippen LogP contribution in [-0.4, -0.2) is 19.3 Å². The minimum atomic E-state index is -1.31. The molecule has 7 heteroatoms. The van der Waals surface area contributed by atoms with Crippen LogP contribution >= 0.6 is 0 Å². The summed E-state index contributed by atoms with van der Waals surface area (Å²) < 4.78 is 75.0. The number of benzene rings is 2. The summed E-state index contributed by atoms with van der Waals surface area (Å²) in [6, 6.07) is 2.58. The Morgan fingerprint density at radius 3 is 2.07 bits per heavy atom. The minimum Gasteiger partial charge on any atom is -0.491 e. The van der Waals surface area contributed by atoms with Gasteiger partial charge in [0.15, 0.2) is 23.2 Å². The summed E-state index contributed by atoms with van der Waals surface area (Å²) in [6.45, 7) is 4.30. The molecule has 0 atom stereocenters. The fourth-order valence-electron chi connectivity index (χ4n) is 4.28. The van der Waals surface area contributed by atoms with Crippen LogP contribution in [0.15, 0.2) is 16.5 Å². The first-order chi connectivity index (χ1) is 14.0. The Morgan fingerprint density at radius 2 is 1.45 bits per heavy atom. The van der Waals surface area contributed by atoms with Gasteiger partial charge < -0.3 is 13.9 Å². The van der Waals surface area contributed by atoms with E-state index in [2.05, 4.69) is 0 Å². The van der Waals surface area contributed by atoms with E-state index in [0.717, 1.165) is 12.8 Å². The van der Waals surface area contributed by atoms with Crippen molar-refractivity contribution in [1.82, 2.24) is 0 Å². The molecule has 156 valence electrons. The van der Waals surface area contributed by atoms with Crippen LogP contribution in [0.25, 0.3) is 21.9 Å². The SMILES string of the molecule is CCOc1cc2oc3cc(C4CCC(OCC)CC4)c(F)c(F)c3c2c(F)c1F. The molecule has 1 aliphatic rings. The Bertz CT molecular complexity index is 1050. The molecular weight excluding hydrogens is 388 g/mol. The summed E-state index contributed by atoms with van der Waals surface area (Å²) in [6.07, 6.45) is 2.96. The van der Waals surface area contributed by atoms with Crippen LogP contribution in [0.3, 0.4) is 0 Å². The van der Waals surface area contributed by atoms with E-state index in [1.54, 1.807) is 6.92 Å². The summed E-state index contributed by atoms with van der Waals surface area (Å²) in [5, 5.41) is -0.798. The van der Waals surface area contributed by atoms with E-state index in [1.807, 2.05) is 6.92 Å². The van der Waals surface area contributed by atoms with Crippen LogP contribution < -0.4 is 4.74 Å². The lowest BCUT2D eigenvalue weighted by Gasteiger charge is -2.28. The molecule has 0 saturated heterocycles. The van der Waals surface area contributed by atoms with Gasteiger partial charge in [-0.1, -0.05) is 0 Å². The van der Waals surface area contributed by atoms with Crippen molar-refractivity contribution in [3.05, 3.63) is 41.0 Å². The van der Waals surface area contributed by atoms with Crippen LogP contribution in [0, 0.1) is 23.3 Å². The van der Waals surface area contributed by atoms with Gasteiger partial charge in [-0.15, -0.1) is 0 Å². The van der Waals surface area contributed by atoms with E-state index in [4.69, 9.17) is 13.9 Å². The molecule has 1 saturated carbocycles. The van der Waals surface area contributed by atoms with Crippen LogP contribution in [-0.2, 0) is 4.74 Å². The highest BCUT2D eigenvalue weighted by Gasteiger charge is 2.30. The molecule has 0 unspecified atom stereocenters. The van der Waals surface area contributed by atoms with E-state index >= 15 is 0 Å². The monoisotopic (exact) mass is 410 g/mol. The Labute approximate surface area is 165 Å². The molecule has 0 amide bonds. The molecule has 0 radical (unpaired) electrons. The van der Waals surface area contributed by atoms with Gasteiger partial charge in [0.25, 0.3) is 0 Å². The first-order valence-corrected chi connectivity index (χ1v) is 9.92. The van der Waals surface area contributed by atoms with E-state index in [9.17, 15) is 17.6 Å². The summed E-state index contributed by atoms with van der Waals surface area (Å²) in [4.78, 5) is 0. The molecule has 1 aliphatic carbocycles. The van der Waals surface area contributed by atoms with Crippen molar-refractivity contribution in [2.45, 2.75) is 51.6 Å². The summed E-state index contributed by atoms with van der Waals surface area (Å²) in [7, 11) is 0. The van der Waals surface area contributed by atoms with Crippen LogP contribution in [0.4, 0.5) is 17.6 Å². The Balaban J connectivity index is 1.81. The number of hydrogen-bond donors (Lipinski definition) is 0. The molecule has 4 rings (SSSR count). The molecule has 29 heavy (non-hydrogen) atoms. The van der Waals surface area contributed by atoms with Crippen molar-refractivity contribution in [3.8, 4) is 5.75 Å². The maximum absolute atomic E-state index is 15.0. The smallest absolute Gasteiger partial charge is 0.201 e. The van der Waals surface area contributed by atoms with E-state index in [-0.39, 0.29) is 46.5 Å². The van der Waals surface area contributed by atoms with Crippen LogP contribution in [0.2, 0.25) is 0 Å². The van der Waals surface area contributed by atoms with Crippen molar-refractivity contribution in [1.29, 1.82) is 0 Å². The summed E-state index contributed by atoms with van der Waals surface area (Å²) in [5.74, 6) is -5.32. The van der Waals surface area contributed by atoms with Crippen molar-refractivity contribution in [2.24, 2.45) is 0 Å². The fourth-order valence-corrected chi connectivity index (χ4v) is 4.28. The maximum atomic E-state index is 15.0. The molecule has 0 aliphatic heterocycles. The molecule has 1 fully saturated rings. The van der Waals surface area contributed by atoms with E-state index in [1.165, 1.54) is 12.1 Å². The Kier molecular flexibility index (Phi) is 5.42. The lowest BCUT2D eigenvalue weighted by atomic mass is 9.82. The summed E-state index contributed by atoms with van der Waals surface area (Å²) >= 11 is 0. The highest BCUT2D eigenvalue weighted by molar-refractivity contribution is 6.06. The van der Waals surface area contributed by atoms with Crippen molar-refractivity contribution < 1.29 is 31.5 Å². The number of ether oxygens (including phenoxy) is 2. The zero-order chi connectivity index (χ0) is 20.7. The average molecular weight is 410 g/mol. The second-order valence-electron chi connectivity index (χ2n) is 7.31. The number of halogens is 4. The van der Waals surface area contributed by atoms with Gasteiger partial charge in [0.05, 0.1) is 23.5 Å². The normalized spacial score (nSPS) is 19.9. The lowest BCUT2D eigenvalue weighted by Crippen LogP contribution is -2.21. The fraction of sp³-hybridized carbons (Fsp3) is 0.455. The predicted octanol–water partition coefficient (Wildman–Crippen LogP) is 6.60. The maximum Gasteiger partial charge on any atom is 0.201 e. The van der Waals surface area contributed by atoms with E-state index < -0.39 is 28.7 Å². The largest absolute Gasteiger partial charge is 0.491 e. The van der Waals surface area contributed by atoms with Crippen LogP contribution in [0.1, 0.15) is 51.0 Å². The molecule has 0 N–H and O–H groups in total. The second-order valence-corrected chi connectivity index (χ2v) is 7.31. The third kappa shape index (κ3) is 3.35. The third-order valence-corrected chi connectivity index (χ3v) is 5.62. The quantitative estimate of drug-likeness (QED) is 0.444.